The van der Waals surface area contributed by atoms with E-state index in [9.17, 15) is 4.79 Å². The molecule has 0 bridgehead atoms. The maximum atomic E-state index is 13.0. The van der Waals surface area contributed by atoms with Gasteiger partial charge in [0.1, 0.15) is 5.15 Å². The van der Waals surface area contributed by atoms with Gasteiger partial charge in [-0.2, -0.15) is 0 Å². The summed E-state index contributed by atoms with van der Waals surface area (Å²) in [4.78, 5) is 19.7. The number of amides is 2. The maximum Gasteiger partial charge on any atom is 0.319 e. The summed E-state index contributed by atoms with van der Waals surface area (Å²) in [6, 6.07) is 17.8. The Labute approximate surface area is 187 Å². The van der Waals surface area contributed by atoms with E-state index in [-0.39, 0.29) is 18.0 Å². The van der Waals surface area contributed by atoms with Gasteiger partial charge in [-0.15, -0.1) is 0 Å². The molecule has 1 aliphatic heterocycles. The van der Waals surface area contributed by atoms with Crippen LogP contribution in [0.15, 0.2) is 54.6 Å². The minimum absolute atomic E-state index is 0.00825. The summed E-state index contributed by atoms with van der Waals surface area (Å²) in [6.45, 7) is 5.01. The summed E-state index contributed by atoms with van der Waals surface area (Å²) in [5.41, 5.74) is 2.59. The molecule has 0 aliphatic carbocycles. The molecule has 0 unspecified atom stereocenters. The maximum absolute atomic E-state index is 13.0. The van der Waals surface area contributed by atoms with Crippen molar-refractivity contribution in [3.8, 4) is 0 Å². The predicted octanol–water partition coefficient (Wildman–Crippen LogP) is 4.43. The summed E-state index contributed by atoms with van der Waals surface area (Å²) in [7, 11) is 1.71. The fraction of sp³-hybridized carbons (Fsp3) is 0.333. The Kier molecular flexibility index (Phi) is 6.70. The van der Waals surface area contributed by atoms with Crippen LogP contribution < -0.4 is 10.6 Å². The zero-order valence-electron chi connectivity index (χ0n) is 17.8. The monoisotopic (exact) mass is 438 g/mol. The smallest absolute Gasteiger partial charge is 0.319 e. The number of methoxy groups -OCH3 is 1. The van der Waals surface area contributed by atoms with E-state index in [1.54, 1.807) is 7.11 Å². The Morgan fingerprint density at radius 1 is 1.13 bits per heavy atom. The lowest BCUT2D eigenvalue weighted by Gasteiger charge is -2.21. The number of anilines is 1. The van der Waals surface area contributed by atoms with Gasteiger partial charge in [-0.3, -0.25) is 4.90 Å². The Bertz CT molecular complexity index is 1060. The van der Waals surface area contributed by atoms with Crippen LogP contribution in [0.2, 0.25) is 5.15 Å². The van der Waals surface area contributed by atoms with Gasteiger partial charge in [0, 0.05) is 43.4 Å². The van der Waals surface area contributed by atoms with Gasteiger partial charge in [-0.1, -0.05) is 66.2 Å². The van der Waals surface area contributed by atoms with Crippen molar-refractivity contribution in [1.29, 1.82) is 0 Å². The number of halogens is 1. The molecule has 0 spiro atoms. The molecule has 1 aliphatic rings. The average Bonchev–Trinajstić information content (AvgIpc) is 3.18. The normalized spacial score (nSPS) is 18.9. The van der Waals surface area contributed by atoms with Crippen molar-refractivity contribution in [3.05, 3.63) is 71.0 Å². The molecule has 3 aromatic rings. The number of pyridine rings is 1. The van der Waals surface area contributed by atoms with Crippen LogP contribution in [0.1, 0.15) is 17.2 Å². The second kappa shape index (κ2) is 9.64. The Hall–Kier alpha value is -2.67. The molecule has 0 saturated carbocycles. The van der Waals surface area contributed by atoms with E-state index in [4.69, 9.17) is 16.3 Å². The van der Waals surface area contributed by atoms with Gasteiger partial charge in [0.2, 0.25) is 0 Å². The number of hydrogen-bond acceptors (Lipinski definition) is 4. The highest BCUT2D eigenvalue weighted by molar-refractivity contribution is 6.35. The highest BCUT2D eigenvalue weighted by Gasteiger charge is 2.34. The zero-order chi connectivity index (χ0) is 21.8. The standard InChI is InChI=1S/C24H27ClN4O2/c1-16-22(18-10-6-7-11-19(18)23(25)26-16)28-24(30)27-21-15-29(12-13-31-2)14-20(21)17-8-4-3-5-9-17/h3-11,20-21H,12-15H2,1-2H3,(H2,27,28,30)/t20-,21+/m0/s1. The minimum Gasteiger partial charge on any atom is -0.383 e. The van der Waals surface area contributed by atoms with Crippen LogP contribution in [0, 0.1) is 6.92 Å². The van der Waals surface area contributed by atoms with Crippen LogP contribution in [0.4, 0.5) is 10.5 Å². The number of nitrogens with one attached hydrogen (secondary N) is 2. The first-order valence-corrected chi connectivity index (χ1v) is 10.8. The molecule has 1 fully saturated rings. The topological polar surface area (TPSA) is 66.5 Å². The van der Waals surface area contributed by atoms with Gasteiger partial charge < -0.3 is 15.4 Å². The number of urea groups is 1. The molecule has 1 saturated heterocycles. The van der Waals surface area contributed by atoms with Crippen LogP contribution in [-0.4, -0.2) is 55.3 Å². The van der Waals surface area contributed by atoms with Crippen LogP contribution in [0.5, 0.6) is 0 Å². The highest BCUT2D eigenvalue weighted by atomic mass is 35.5. The molecule has 2 atom stereocenters. The van der Waals surface area contributed by atoms with Gasteiger partial charge in [0.15, 0.2) is 0 Å². The second-order valence-electron chi connectivity index (χ2n) is 7.88. The van der Waals surface area contributed by atoms with Crippen molar-refractivity contribution in [3.63, 3.8) is 0 Å². The number of hydrogen-bond donors (Lipinski definition) is 2. The molecule has 2 N–H and O–H groups in total. The molecule has 2 aromatic carbocycles. The fourth-order valence-corrected chi connectivity index (χ4v) is 4.58. The molecule has 2 amide bonds. The number of carbonyl (C=O) groups excluding carboxylic acids is 1. The SMILES string of the molecule is COCCN1C[C@@H](NC(=O)Nc2c(C)nc(Cl)c3ccccc23)[C@H](c2ccccc2)C1. The number of ether oxygens (including phenoxy) is 1. The van der Waals surface area contributed by atoms with E-state index in [2.05, 4.69) is 32.7 Å². The third kappa shape index (κ3) is 4.82. The van der Waals surface area contributed by atoms with Crippen molar-refractivity contribution < 1.29 is 9.53 Å². The number of aryl methyl sites for hydroxylation is 1. The molecular weight excluding hydrogens is 412 g/mol. The van der Waals surface area contributed by atoms with Crippen molar-refractivity contribution in [2.75, 3.05) is 38.7 Å². The summed E-state index contributed by atoms with van der Waals surface area (Å²) in [6.07, 6.45) is 0. The van der Waals surface area contributed by atoms with E-state index >= 15 is 0 Å². The molecule has 31 heavy (non-hydrogen) atoms. The number of carbonyl (C=O) groups is 1. The van der Waals surface area contributed by atoms with Gasteiger partial charge in [0.05, 0.1) is 24.0 Å². The number of nitrogens with zero attached hydrogens (tertiary/aromatic N) is 2. The zero-order valence-corrected chi connectivity index (χ0v) is 18.5. The number of fused-ring (bicyclic) bond motifs is 1. The highest BCUT2D eigenvalue weighted by Crippen LogP contribution is 2.31. The fourth-order valence-electron chi connectivity index (χ4n) is 4.29. The molecule has 2 heterocycles. The van der Waals surface area contributed by atoms with Crippen molar-refractivity contribution in [2.45, 2.75) is 18.9 Å². The summed E-state index contributed by atoms with van der Waals surface area (Å²) in [5.74, 6) is 0.213. The largest absolute Gasteiger partial charge is 0.383 e. The van der Waals surface area contributed by atoms with E-state index in [0.29, 0.717) is 23.1 Å². The number of aromatic nitrogens is 1. The van der Waals surface area contributed by atoms with Gasteiger partial charge >= 0.3 is 6.03 Å². The van der Waals surface area contributed by atoms with Crippen LogP contribution in [-0.2, 0) is 4.74 Å². The average molecular weight is 439 g/mol. The first kappa shape index (κ1) is 21.6. The lowest BCUT2D eigenvalue weighted by Crippen LogP contribution is -2.42. The third-order valence-corrected chi connectivity index (χ3v) is 6.12. The van der Waals surface area contributed by atoms with Gasteiger partial charge in [0.25, 0.3) is 0 Å². The van der Waals surface area contributed by atoms with E-state index in [1.165, 1.54) is 5.56 Å². The molecule has 0 radical (unpaired) electrons. The molecule has 1 aromatic heterocycles. The van der Waals surface area contributed by atoms with Crippen molar-refractivity contribution in [2.24, 2.45) is 0 Å². The number of rotatable bonds is 6. The molecule has 4 rings (SSSR count). The van der Waals surface area contributed by atoms with Crippen LogP contribution >= 0.6 is 11.6 Å². The molecule has 6 nitrogen and oxygen atoms in total. The van der Waals surface area contributed by atoms with Crippen LogP contribution in [0.25, 0.3) is 10.8 Å². The third-order valence-electron chi connectivity index (χ3n) is 5.84. The summed E-state index contributed by atoms with van der Waals surface area (Å²) >= 11 is 6.30. The second-order valence-corrected chi connectivity index (χ2v) is 8.24. The minimum atomic E-state index is -0.239. The Balaban J connectivity index is 1.53. The van der Waals surface area contributed by atoms with Crippen LogP contribution in [0.3, 0.4) is 0 Å². The molecule has 7 heteroatoms. The lowest BCUT2D eigenvalue weighted by molar-refractivity contribution is 0.159. The first-order chi connectivity index (χ1) is 15.1. The van der Waals surface area contributed by atoms with Gasteiger partial charge in [-0.05, 0) is 12.5 Å². The summed E-state index contributed by atoms with van der Waals surface area (Å²) < 4.78 is 5.24. The quantitative estimate of drug-likeness (QED) is 0.558. The van der Waals surface area contributed by atoms with Crippen molar-refractivity contribution >= 4 is 34.1 Å². The number of likely N-dealkylation sites (tertiary alicyclic amines) is 1. The van der Waals surface area contributed by atoms with Gasteiger partial charge in [-0.25, -0.2) is 9.78 Å². The summed E-state index contributed by atoms with van der Waals surface area (Å²) in [5, 5.41) is 8.35. The van der Waals surface area contributed by atoms with E-state index in [0.717, 1.165) is 30.4 Å². The first-order valence-electron chi connectivity index (χ1n) is 10.5. The number of benzene rings is 2. The predicted molar refractivity (Wildman–Crippen MR) is 125 cm³/mol. The van der Waals surface area contributed by atoms with E-state index < -0.39 is 0 Å². The van der Waals surface area contributed by atoms with E-state index in [1.807, 2.05) is 49.4 Å². The lowest BCUT2D eigenvalue weighted by atomic mass is 9.94. The Morgan fingerprint density at radius 2 is 1.84 bits per heavy atom. The van der Waals surface area contributed by atoms with Crippen molar-refractivity contribution in [1.82, 2.24) is 15.2 Å². The molecule has 162 valence electrons. The molecular formula is C24H27ClN4O2. The Morgan fingerprint density at radius 3 is 2.58 bits per heavy atom.